The largest absolute Gasteiger partial charge is 0.390 e. The van der Waals surface area contributed by atoms with E-state index < -0.39 is 12.2 Å². The number of aliphatic hydroxyl groups is 2. The zero-order valence-electron chi connectivity index (χ0n) is 11.8. The topological polar surface area (TPSA) is 67.5 Å². The van der Waals surface area contributed by atoms with E-state index in [2.05, 4.69) is 21.0 Å². The number of aromatic nitrogens is 2. The summed E-state index contributed by atoms with van der Waals surface area (Å²) in [7, 11) is 1.63. The first-order valence-electron chi connectivity index (χ1n) is 7.21. The van der Waals surface area contributed by atoms with Crippen molar-refractivity contribution in [1.29, 1.82) is 0 Å². The smallest absolute Gasteiger partial charge is 0.123 e. The maximum absolute atomic E-state index is 10.5. The molecule has 0 aromatic carbocycles. The fourth-order valence-electron chi connectivity index (χ4n) is 2.92. The molecular weight excluding hydrogens is 324 g/mol. The highest BCUT2D eigenvalue weighted by atomic mass is 79.9. The molecule has 5 nitrogen and oxygen atoms in total. The second-order valence-corrected chi connectivity index (χ2v) is 6.28. The second kappa shape index (κ2) is 7.54. The van der Waals surface area contributed by atoms with Gasteiger partial charge in [-0.2, -0.15) is 5.10 Å². The van der Waals surface area contributed by atoms with Crippen molar-refractivity contribution in [1.82, 2.24) is 9.78 Å². The van der Waals surface area contributed by atoms with Crippen LogP contribution in [0.25, 0.3) is 0 Å². The van der Waals surface area contributed by atoms with E-state index in [0.717, 1.165) is 30.2 Å². The molecule has 0 spiro atoms. The number of aliphatic hydroxyl groups excluding tert-OH is 2. The van der Waals surface area contributed by atoms with E-state index >= 15 is 0 Å². The summed E-state index contributed by atoms with van der Waals surface area (Å²) < 4.78 is 7.48. The Bertz CT molecular complexity index is 419. The van der Waals surface area contributed by atoms with Crippen LogP contribution in [0, 0.1) is 5.92 Å². The van der Waals surface area contributed by atoms with Gasteiger partial charge in [-0.25, -0.2) is 0 Å². The van der Waals surface area contributed by atoms with Crippen molar-refractivity contribution in [2.24, 2.45) is 5.92 Å². The van der Waals surface area contributed by atoms with E-state index in [1.54, 1.807) is 18.0 Å². The Balaban J connectivity index is 2.10. The summed E-state index contributed by atoms with van der Waals surface area (Å²) in [6.07, 6.45) is 5.49. The fourth-order valence-corrected chi connectivity index (χ4v) is 3.45. The minimum Gasteiger partial charge on any atom is -0.390 e. The predicted octanol–water partition coefficient (Wildman–Crippen LogP) is 2.27. The molecule has 1 aromatic heterocycles. The molecule has 2 rings (SSSR count). The highest BCUT2D eigenvalue weighted by Gasteiger charge is 2.31. The number of hydrogen-bond donors (Lipinski definition) is 2. The number of halogens is 1. The van der Waals surface area contributed by atoms with Crippen LogP contribution in [0.4, 0.5) is 0 Å². The molecule has 1 saturated carbocycles. The molecule has 2 unspecified atom stereocenters. The summed E-state index contributed by atoms with van der Waals surface area (Å²) in [6, 6.07) is 0. The van der Waals surface area contributed by atoms with Gasteiger partial charge in [0.05, 0.1) is 35.6 Å². The van der Waals surface area contributed by atoms with E-state index in [1.807, 2.05) is 0 Å². The maximum Gasteiger partial charge on any atom is 0.123 e. The van der Waals surface area contributed by atoms with E-state index in [1.165, 1.54) is 6.42 Å². The number of hydrogen-bond acceptors (Lipinski definition) is 4. The van der Waals surface area contributed by atoms with Crippen LogP contribution >= 0.6 is 15.9 Å². The Morgan fingerprint density at radius 2 is 2.10 bits per heavy atom. The normalized spacial score (nSPS) is 20.0. The molecule has 20 heavy (non-hydrogen) atoms. The summed E-state index contributed by atoms with van der Waals surface area (Å²) in [4.78, 5) is 0. The van der Waals surface area contributed by atoms with Crippen LogP contribution in [0.3, 0.4) is 0 Å². The van der Waals surface area contributed by atoms with Crippen LogP contribution in [0.2, 0.25) is 0 Å². The van der Waals surface area contributed by atoms with Crippen molar-refractivity contribution in [3.8, 4) is 0 Å². The molecule has 2 N–H and O–H groups in total. The van der Waals surface area contributed by atoms with Crippen LogP contribution in [0.5, 0.6) is 0 Å². The first kappa shape index (κ1) is 15.9. The van der Waals surface area contributed by atoms with Gasteiger partial charge in [-0.15, -0.1) is 0 Å². The predicted molar refractivity (Wildman–Crippen MR) is 79.3 cm³/mol. The maximum atomic E-state index is 10.5. The minimum absolute atomic E-state index is 0.177. The van der Waals surface area contributed by atoms with Crippen molar-refractivity contribution in [2.45, 2.75) is 50.9 Å². The molecule has 1 aliphatic carbocycles. The molecule has 114 valence electrons. The average Bonchev–Trinajstić information content (AvgIpc) is 2.85. The van der Waals surface area contributed by atoms with Gasteiger partial charge in [0, 0.05) is 7.11 Å². The Morgan fingerprint density at radius 1 is 1.40 bits per heavy atom. The third-order valence-corrected chi connectivity index (χ3v) is 4.69. The monoisotopic (exact) mass is 346 g/mol. The van der Waals surface area contributed by atoms with Gasteiger partial charge in [-0.05, 0) is 34.7 Å². The van der Waals surface area contributed by atoms with Gasteiger partial charge in [0.1, 0.15) is 6.10 Å². The molecule has 1 fully saturated rings. The zero-order chi connectivity index (χ0) is 14.5. The van der Waals surface area contributed by atoms with Crippen molar-refractivity contribution >= 4 is 15.9 Å². The number of nitrogens with zero attached hydrogens (tertiary/aromatic N) is 2. The summed E-state index contributed by atoms with van der Waals surface area (Å²) in [5.41, 5.74) is 0.639. The fraction of sp³-hybridized carbons (Fsp3) is 0.786. The van der Waals surface area contributed by atoms with Crippen molar-refractivity contribution in [2.75, 3.05) is 13.7 Å². The Kier molecular flexibility index (Phi) is 6.01. The molecule has 1 heterocycles. The van der Waals surface area contributed by atoms with Gasteiger partial charge in [-0.1, -0.05) is 19.3 Å². The lowest BCUT2D eigenvalue weighted by molar-refractivity contribution is -0.0333. The summed E-state index contributed by atoms with van der Waals surface area (Å²) in [6.45, 7) is 1.08. The van der Waals surface area contributed by atoms with Crippen LogP contribution < -0.4 is 0 Å². The third kappa shape index (κ3) is 3.61. The Hall–Kier alpha value is -0.430. The molecule has 0 radical (unpaired) electrons. The average molecular weight is 347 g/mol. The standard InChI is InChI=1S/C14H23BrN2O3/c1-20-8-7-17-12(11(15)9-16-17)14(19)13(18)10-5-3-2-4-6-10/h9-10,13-14,18-19H,2-8H2,1H3. The lowest BCUT2D eigenvalue weighted by atomic mass is 9.83. The van der Waals surface area contributed by atoms with E-state index in [9.17, 15) is 10.2 Å². The van der Waals surface area contributed by atoms with Crippen LogP contribution in [-0.2, 0) is 11.3 Å². The lowest BCUT2D eigenvalue weighted by Crippen LogP contribution is -2.31. The molecule has 1 aliphatic rings. The minimum atomic E-state index is -0.910. The first-order valence-corrected chi connectivity index (χ1v) is 8.00. The quantitative estimate of drug-likeness (QED) is 0.828. The molecular formula is C14H23BrN2O3. The highest BCUT2D eigenvalue weighted by molar-refractivity contribution is 9.10. The third-order valence-electron chi connectivity index (χ3n) is 4.08. The van der Waals surface area contributed by atoms with Crippen molar-refractivity contribution in [3.63, 3.8) is 0 Å². The van der Waals surface area contributed by atoms with Gasteiger partial charge in [0.25, 0.3) is 0 Å². The molecule has 1 aromatic rings. The van der Waals surface area contributed by atoms with Gasteiger partial charge in [-0.3, -0.25) is 4.68 Å². The molecule has 0 saturated heterocycles. The molecule has 0 aliphatic heterocycles. The summed E-state index contributed by atoms with van der Waals surface area (Å²) >= 11 is 3.41. The first-order chi connectivity index (χ1) is 9.65. The number of rotatable bonds is 6. The van der Waals surface area contributed by atoms with Gasteiger partial charge in [0.15, 0.2) is 0 Å². The molecule has 2 atom stereocenters. The summed E-state index contributed by atoms with van der Waals surface area (Å²) in [5, 5.41) is 25.2. The van der Waals surface area contributed by atoms with Gasteiger partial charge in [0.2, 0.25) is 0 Å². The molecule has 6 heteroatoms. The Labute approximate surface area is 128 Å². The van der Waals surface area contributed by atoms with Crippen LogP contribution in [-0.4, -0.2) is 39.8 Å². The number of methoxy groups -OCH3 is 1. The Morgan fingerprint density at radius 3 is 2.75 bits per heavy atom. The van der Waals surface area contributed by atoms with Crippen LogP contribution in [0.15, 0.2) is 10.7 Å². The van der Waals surface area contributed by atoms with Gasteiger partial charge < -0.3 is 14.9 Å². The molecule has 0 bridgehead atoms. The highest BCUT2D eigenvalue weighted by Crippen LogP contribution is 2.34. The SMILES string of the molecule is COCCn1ncc(Br)c1C(O)C(O)C1CCCCC1. The van der Waals surface area contributed by atoms with Crippen molar-refractivity contribution in [3.05, 3.63) is 16.4 Å². The zero-order valence-corrected chi connectivity index (χ0v) is 13.4. The molecule has 0 amide bonds. The second-order valence-electron chi connectivity index (χ2n) is 5.43. The summed E-state index contributed by atoms with van der Waals surface area (Å²) in [5.74, 6) is 0.177. The van der Waals surface area contributed by atoms with Gasteiger partial charge >= 0.3 is 0 Å². The number of ether oxygens (including phenoxy) is 1. The van der Waals surface area contributed by atoms with Crippen molar-refractivity contribution < 1.29 is 14.9 Å². The van der Waals surface area contributed by atoms with E-state index in [-0.39, 0.29) is 5.92 Å². The van der Waals surface area contributed by atoms with E-state index in [4.69, 9.17) is 4.74 Å². The van der Waals surface area contributed by atoms with Crippen LogP contribution in [0.1, 0.15) is 43.9 Å². The lowest BCUT2D eigenvalue weighted by Gasteiger charge is -2.30. The van der Waals surface area contributed by atoms with E-state index in [0.29, 0.717) is 18.8 Å².